The van der Waals surface area contributed by atoms with E-state index < -0.39 is 0 Å². The van der Waals surface area contributed by atoms with Crippen molar-refractivity contribution in [3.05, 3.63) is 11.9 Å². The van der Waals surface area contributed by atoms with Crippen LogP contribution in [0.5, 0.6) is 0 Å². The van der Waals surface area contributed by atoms with E-state index in [0.717, 1.165) is 25.0 Å². The number of carbonyl (C=O) groups excluding carboxylic acids is 1. The molecule has 1 aromatic rings. The summed E-state index contributed by atoms with van der Waals surface area (Å²) in [6.07, 6.45) is 7.23. The van der Waals surface area contributed by atoms with Crippen molar-refractivity contribution < 1.29 is 4.79 Å². The fraction of sp³-hybridized carbons (Fsp3) is 0.727. The molecule has 0 saturated heterocycles. The summed E-state index contributed by atoms with van der Waals surface area (Å²) in [5.41, 5.74) is 6.43. The minimum Gasteiger partial charge on any atom is -0.369 e. The normalized spacial score (nSPS) is 29.5. The number of rotatable bonds is 3. The van der Waals surface area contributed by atoms with Crippen LogP contribution in [0.25, 0.3) is 0 Å². The van der Waals surface area contributed by atoms with Crippen molar-refractivity contribution >= 4 is 5.91 Å². The molecule has 0 bridgehead atoms. The summed E-state index contributed by atoms with van der Waals surface area (Å²) in [7, 11) is 0. The molecule has 3 rings (SSSR count). The predicted molar refractivity (Wildman–Crippen MR) is 57.6 cm³/mol. The van der Waals surface area contributed by atoms with E-state index >= 15 is 0 Å². The lowest BCUT2D eigenvalue weighted by atomic mass is 10.1. The lowest BCUT2D eigenvalue weighted by molar-refractivity contribution is -0.121. The van der Waals surface area contributed by atoms with Crippen molar-refractivity contribution in [3.8, 4) is 0 Å². The molecule has 2 atom stereocenters. The van der Waals surface area contributed by atoms with E-state index in [1.165, 1.54) is 12.8 Å². The van der Waals surface area contributed by atoms with Gasteiger partial charge >= 0.3 is 0 Å². The molecule has 2 saturated carbocycles. The van der Waals surface area contributed by atoms with Crippen molar-refractivity contribution in [1.29, 1.82) is 0 Å². The van der Waals surface area contributed by atoms with Gasteiger partial charge in [0.1, 0.15) is 0 Å². The molecule has 5 nitrogen and oxygen atoms in total. The fourth-order valence-electron chi connectivity index (χ4n) is 2.49. The summed E-state index contributed by atoms with van der Waals surface area (Å²) in [6, 6.07) is 0.317. The molecule has 16 heavy (non-hydrogen) atoms. The number of nitrogens with two attached hydrogens (primary N) is 1. The molecule has 1 heterocycles. The van der Waals surface area contributed by atoms with Crippen LogP contribution in [0, 0.1) is 5.92 Å². The summed E-state index contributed by atoms with van der Waals surface area (Å²) in [4.78, 5) is 11.1. The Hall–Kier alpha value is -1.39. The predicted octanol–water partition coefficient (Wildman–Crippen LogP) is 0.982. The zero-order valence-corrected chi connectivity index (χ0v) is 9.17. The molecule has 1 amide bonds. The van der Waals surface area contributed by atoms with Crippen molar-refractivity contribution in [3.63, 3.8) is 0 Å². The summed E-state index contributed by atoms with van der Waals surface area (Å²) in [6.45, 7) is 0. The van der Waals surface area contributed by atoms with Gasteiger partial charge in [-0.3, -0.25) is 4.79 Å². The molecule has 2 aliphatic carbocycles. The Balaban J connectivity index is 1.70. The quantitative estimate of drug-likeness (QED) is 0.825. The Bertz CT molecular complexity index is 410. The number of hydrogen-bond acceptors (Lipinski definition) is 3. The first-order valence-electron chi connectivity index (χ1n) is 5.95. The highest BCUT2D eigenvalue weighted by atomic mass is 16.1. The van der Waals surface area contributed by atoms with Gasteiger partial charge in [0.2, 0.25) is 5.91 Å². The second-order valence-corrected chi connectivity index (χ2v) is 4.96. The van der Waals surface area contributed by atoms with Crippen LogP contribution in [-0.2, 0) is 4.79 Å². The van der Waals surface area contributed by atoms with Crippen molar-refractivity contribution in [1.82, 2.24) is 15.0 Å². The van der Waals surface area contributed by atoms with Gasteiger partial charge in [0.15, 0.2) is 0 Å². The number of aromatic nitrogens is 3. The molecular weight excluding hydrogens is 204 g/mol. The Morgan fingerprint density at radius 1 is 1.38 bits per heavy atom. The third-order valence-corrected chi connectivity index (χ3v) is 3.71. The zero-order chi connectivity index (χ0) is 11.1. The molecule has 2 aliphatic rings. The second kappa shape index (κ2) is 3.57. The first kappa shape index (κ1) is 9.81. The van der Waals surface area contributed by atoms with E-state index in [4.69, 9.17) is 5.73 Å². The van der Waals surface area contributed by atoms with Gasteiger partial charge in [0.05, 0.1) is 11.7 Å². The van der Waals surface area contributed by atoms with Crippen LogP contribution < -0.4 is 5.73 Å². The molecule has 0 aromatic carbocycles. The average Bonchev–Trinajstić information content (AvgIpc) is 2.83. The highest BCUT2D eigenvalue weighted by Gasteiger charge is 2.32. The molecule has 2 N–H and O–H groups in total. The van der Waals surface area contributed by atoms with Crippen LogP contribution in [0.2, 0.25) is 0 Å². The largest absolute Gasteiger partial charge is 0.369 e. The van der Waals surface area contributed by atoms with Gasteiger partial charge in [-0.1, -0.05) is 5.21 Å². The monoisotopic (exact) mass is 220 g/mol. The van der Waals surface area contributed by atoms with Crippen LogP contribution in [-0.4, -0.2) is 20.9 Å². The number of hydrogen-bond donors (Lipinski definition) is 1. The van der Waals surface area contributed by atoms with Crippen molar-refractivity contribution in [2.24, 2.45) is 11.7 Å². The second-order valence-electron chi connectivity index (χ2n) is 4.96. The molecule has 1 aromatic heterocycles. The van der Waals surface area contributed by atoms with E-state index in [1.54, 1.807) is 0 Å². The minimum atomic E-state index is -0.176. The molecular formula is C11H16N4O. The minimum absolute atomic E-state index is 0.0265. The first-order chi connectivity index (χ1) is 7.74. The topological polar surface area (TPSA) is 73.8 Å². The van der Waals surface area contributed by atoms with Crippen LogP contribution >= 0.6 is 0 Å². The third kappa shape index (κ3) is 1.70. The van der Waals surface area contributed by atoms with Gasteiger partial charge in [0.25, 0.3) is 0 Å². The lowest BCUT2D eigenvalue weighted by Gasteiger charge is -2.08. The van der Waals surface area contributed by atoms with Crippen molar-refractivity contribution in [2.45, 2.75) is 44.1 Å². The number of primary amides is 1. The lowest BCUT2D eigenvalue weighted by Crippen LogP contribution is -2.21. The van der Waals surface area contributed by atoms with E-state index in [9.17, 15) is 4.79 Å². The maximum atomic E-state index is 11.1. The van der Waals surface area contributed by atoms with Gasteiger partial charge < -0.3 is 5.73 Å². The fourth-order valence-corrected chi connectivity index (χ4v) is 2.49. The van der Waals surface area contributed by atoms with E-state index in [1.807, 2.05) is 10.9 Å². The highest BCUT2D eigenvalue weighted by molar-refractivity contribution is 5.76. The Kier molecular flexibility index (Phi) is 2.19. The summed E-state index contributed by atoms with van der Waals surface area (Å²) >= 11 is 0. The van der Waals surface area contributed by atoms with E-state index in [2.05, 4.69) is 10.3 Å². The van der Waals surface area contributed by atoms with Crippen LogP contribution in [0.1, 0.15) is 49.8 Å². The molecule has 0 spiro atoms. The SMILES string of the molecule is NC(=O)C1CCC(n2cc(C3CC3)nn2)C1. The van der Waals surface area contributed by atoms with E-state index in [-0.39, 0.29) is 11.8 Å². The standard InChI is InChI=1S/C11H16N4O/c12-11(16)8-3-4-9(5-8)15-6-10(13-14-15)7-1-2-7/h6-9H,1-5H2,(H2,12,16). The highest BCUT2D eigenvalue weighted by Crippen LogP contribution is 2.40. The molecule has 2 unspecified atom stereocenters. The van der Waals surface area contributed by atoms with Gasteiger partial charge in [-0.2, -0.15) is 0 Å². The Morgan fingerprint density at radius 3 is 2.81 bits per heavy atom. The van der Waals surface area contributed by atoms with Crippen LogP contribution in [0.15, 0.2) is 6.20 Å². The maximum Gasteiger partial charge on any atom is 0.220 e. The van der Waals surface area contributed by atoms with Gasteiger partial charge in [-0.15, -0.1) is 5.10 Å². The number of carbonyl (C=O) groups is 1. The van der Waals surface area contributed by atoms with Crippen LogP contribution in [0.3, 0.4) is 0 Å². The van der Waals surface area contributed by atoms with Gasteiger partial charge in [0, 0.05) is 18.0 Å². The number of nitrogens with zero attached hydrogens (tertiary/aromatic N) is 3. The maximum absolute atomic E-state index is 11.1. The summed E-state index contributed by atoms with van der Waals surface area (Å²) in [5, 5.41) is 8.36. The first-order valence-corrected chi connectivity index (χ1v) is 5.95. The van der Waals surface area contributed by atoms with E-state index in [0.29, 0.717) is 12.0 Å². The van der Waals surface area contributed by atoms with Gasteiger partial charge in [-0.25, -0.2) is 4.68 Å². The zero-order valence-electron chi connectivity index (χ0n) is 9.17. The van der Waals surface area contributed by atoms with Crippen LogP contribution in [0.4, 0.5) is 0 Å². The smallest absolute Gasteiger partial charge is 0.220 e. The Labute approximate surface area is 94.0 Å². The molecule has 0 aliphatic heterocycles. The summed E-state index contributed by atoms with van der Waals surface area (Å²) < 4.78 is 1.93. The van der Waals surface area contributed by atoms with Gasteiger partial charge in [-0.05, 0) is 32.1 Å². The molecule has 2 fully saturated rings. The Morgan fingerprint density at radius 2 is 2.19 bits per heavy atom. The molecule has 0 radical (unpaired) electrons. The molecule has 86 valence electrons. The number of amides is 1. The third-order valence-electron chi connectivity index (χ3n) is 3.71. The van der Waals surface area contributed by atoms with Crippen molar-refractivity contribution in [2.75, 3.05) is 0 Å². The molecule has 5 heteroatoms. The average molecular weight is 220 g/mol. The summed E-state index contributed by atoms with van der Waals surface area (Å²) in [5.74, 6) is 0.491.